The van der Waals surface area contributed by atoms with E-state index in [9.17, 15) is 0 Å². The smallest absolute Gasteiger partial charge is 0.164 e. The van der Waals surface area contributed by atoms with Crippen molar-refractivity contribution in [2.24, 2.45) is 0 Å². The Morgan fingerprint density at radius 1 is 0.286 bits per heavy atom. The van der Waals surface area contributed by atoms with Crippen LogP contribution >= 0.6 is 0 Å². The fourth-order valence-corrected chi connectivity index (χ4v) is 8.49. The highest BCUT2D eigenvalue weighted by Crippen LogP contribution is 2.40. The molecule has 0 saturated carbocycles. The van der Waals surface area contributed by atoms with Crippen LogP contribution in [0.3, 0.4) is 0 Å². The summed E-state index contributed by atoms with van der Waals surface area (Å²) < 4.78 is 12.5. The van der Waals surface area contributed by atoms with Crippen LogP contribution in [0.15, 0.2) is 185 Å². The van der Waals surface area contributed by atoms with Gasteiger partial charge < -0.3 is 8.83 Å². The minimum absolute atomic E-state index is 0.604. The van der Waals surface area contributed by atoms with Crippen molar-refractivity contribution < 1.29 is 8.83 Å². The molecule has 5 heteroatoms. The number of hydrogen-bond donors (Lipinski definition) is 0. The van der Waals surface area contributed by atoms with Gasteiger partial charge in [-0.2, -0.15) is 0 Å². The molecule has 0 radical (unpaired) electrons. The zero-order valence-corrected chi connectivity index (χ0v) is 29.9. The van der Waals surface area contributed by atoms with Gasteiger partial charge in [0.25, 0.3) is 0 Å². The topological polar surface area (TPSA) is 65.0 Å². The zero-order chi connectivity index (χ0) is 36.7. The van der Waals surface area contributed by atoms with E-state index in [4.69, 9.17) is 23.8 Å². The number of nitrogens with zero attached hydrogens (tertiary/aromatic N) is 3. The first-order valence-corrected chi connectivity index (χ1v) is 18.8. The molecule has 0 N–H and O–H groups in total. The SMILES string of the molecule is c1ccc2c(c1)cc(-c1nc(-c3ccc(-c4cccc5oc6ccccc6c45)cc3)nc(-c3ccc4ccc5oc6ccccc6c5c4c3)n1)c1ccccc12. The molecule has 0 spiro atoms. The van der Waals surface area contributed by atoms with Gasteiger partial charge in [-0.05, 0) is 79.8 Å². The first kappa shape index (κ1) is 30.8. The van der Waals surface area contributed by atoms with Crippen molar-refractivity contribution in [3.8, 4) is 45.3 Å². The monoisotopic (exact) mass is 715 g/mol. The number of rotatable bonds is 4. The maximum atomic E-state index is 6.27. The third kappa shape index (κ3) is 4.71. The molecule has 56 heavy (non-hydrogen) atoms. The van der Waals surface area contributed by atoms with E-state index < -0.39 is 0 Å². The Kier molecular flexibility index (Phi) is 6.56. The van der Waals surface area contributed by atoms with Crippen LogP contribution in [0.5, 0.6) is 0 Å². The summed E-state index contributed by atoms with van der Waals surface area (Å²) in [6, 6.07) is 61.0. The highest BCUT2D eigenvalue weighted by molar-refractivity contribution is 6.19. The molecule has 12 aromatic rings. The molecule has 0 unspecified atom stereocenters. The zero-order valence-electron chi connectivity index (χ0n) is 29.9. The summed E-state index contributed by atoms with van der Waals surface area (Å²) in [5.41, 5.74) is 8.45. The second kappa shape index (κ2) is 11.9. The van der Waals surface area contributed by atoms with E-state index in [0.29, 0.717) is 17.5 Å². The molecule has 0 aliphatic carbocycles. The lowest BCUT2D eigenvalue weighted by atomic mass is 9.96. The molecule has 12 rings (SSSR count). The summed E-state index contributed by atoms with van der Waals surface area (Å²) in [6.07, 6.45) is 0. The molecule has 0 fully saturated rings. The van der Waals surface area contributed by atoms with Crippen LogP contribution in [-0.4, -0.2) is 15.0 Å². The third-order valence-corrected chi connectivity index (χ3v) is 11.1. The lowest BCUT2D eigenvalue weighted by Gasteiger charge is -2.13. The predicted molar refractivity (Wildman–Crippen MR) is 229 cm³/mol. The molecule has 0 atom stereocenters. The van der Waals surface area contributed by atoms with Crippen LogP contribution in [0.4, 0.5) is 0 Å². The highest BCUT2D eigenvalue weighted by Gasteiger charge is 2.18. The van der Waals surface area contributed by atoms with Gasteiger partial charge in [0.1, 0.15) is 22.3 Å². The minimum Gasteiger partial charge on any atom is -0.456 e. The standard InChI is InChI=1S/C51H29N3O2/c1-2-11-35-33(10-1)28-42(38-13-4-3-12-37(35)38)51-53-49(32-23-20-30(21-24-32)36-16-9-19-45-47(36)39-14-5-7-17-43(39)55-45)52-50(54-51)34-25-22-31-26-27-46-48(41(31)29-34)40-15-6-8-18-44(40)56-46/h1-29H. The van der Waals surface area contributed by atoms with Crippen LogP contribution in [0, 0.1) is 0 Å². The van der Waals surface area contributed by atoms with E-state index in [-0.39, 0.29) is 0 Å². The first-order chi connectivity index (χ1) is 27.7. The van der Waals surface area contributed by atoms with E-state index in [0.717, 1.165) is 98.6 Å². The summed E-state index contributed by atoms with van der Waals surface area (Å²) in [4.78, 5) is 15.7. The average Bonchev–Trinajstić information content (AvgIpc) is 3.85. The molecule has 0 saturated heterocycles. The van der Waals surface area contributed by atoms with Gasteiger partial charge in [-0.3, -0.25) is 0 Å². The van der Waals surface area contributed by atoms with Crippen molar-refractivity contribution >= 4 is 76.2 Å². The second-order valence-corrected chi connectivity index (χ2v) is 14.3. The lowest BCUT2D eigenvalue weighted by Crippen LogP contribution is -2.01. The maximum absolute atomic E-state index is 6.27. The molecule has 3 heterocycles. The van der Waals surface area contributed by atoms with Crippen molar-refractivity contribution in [1.29, 1.82) is 0 Å². The molecule has 0 bridgehead atoms. The van der Waals surface area contributed by atoms with Gasteiger partial charge in [-0.1, -0.05) is 140 Å². The Balaban J connectivity index is 1.07. The minimum atomic E-state index is 0.604. The van der Waals surface area contributed by atoms with Crippen molar-refractivity contribution in [3.63, 3.8) is 0 Å². The van der Waals surface area contributed by atoms with Crippen molar-refractivity contribution in [3.05, 3.63) is 176 Å². The van der Waals surface area contributed by atoms with Crippen molar-refractivity contribution in [2.45, 2.75) is 0 Å². The maximum Gasteiger partial charge on any atom is 0.164 e. The summed E-state index contributed by atoms with van der Waals surface area (Å²) in [5, 5.41) is 11.2. The predicted octanol–water partition coefficient (Wildman–Crippen LogP) is 13.8. The fourth-order valence-electron chi connectivity index (χ4n) is 8.49. The normalized spacial score (nSPS) is 11.9. The van der Waals surface area contributed by atoms with Crippen molar-refractivity contribution in [2.75, 3.05) is 0 Å². The lowest BCUT2D eigenvalue weighted by molar-refractivity contribution is 0.668. The quantitative estimate of drug-likeness (QED) is 0.170. The molecular weight excluding hydrogens is 687 g/mol. The number of para-hydroxylation sites is 2. The number of furan rings is 2. The Hall–Kier alpha value is -7.63. The number of fused-ring (bicyclic) bond motifs is 11. The third-order valence-electron chi connectivity index (χ3n) is 11.1. The summed E-state index contributed by atoms with van der Waals surface area (Å²) in [5.74, 6) is 1.83. The van der Waals surface area contributed by atoms with E-state index in [1.807, 2.05) is 30.3 Å². The van der Waals surface area contributed by atoms with E-state index >= 15 is 0 Å². The van der Waals surface area contributed by atoms with Crippen LogP contribution in [-0.2, 0) is 0 Å². The number of aromatic nitrogens is 3. The summed E-state index contributed by atoms with van der Waals surface area (Å²) >= 11 is 0. The summed E-state index contributed by atoms with van der Waals surface area (Å²) in [6.45, 7) is 0. The van der Waals surface area contributed by atoms with Crippen molar-refractivity contribution in [1.82, 2.24) is 15.0 Å². The Morgan fingerprint density at radius 3 is 1.62 bits per heavy atom. The van der Waals surface area contributed by atoms with Crippen LogP contribution < -0.4 is 0 Å². The Labute approximate surface area is 320 Å². The van der Waals surface area contributed by atoms with Crippen LogP contribution in [0.25, 0.3) is 121 Å². The van der Waals surface area contributed by atoms with Gasteiger partial charge in [0.15, 0.2) is 17.5 Å². The molecule has 9 aromatic carbocycles. The molecule has 0 amide bonds. The van der Waals surface area contributed by atoms with Crippen LogP contribution in [0.2, 0.25) is 0 Å². The molecular formula is C51H29N3O2. The molecule has 0 aliphatic heterocycles. The van der Waals surface area contributed by atoms with E-state index in [1.54, 1.807) is 0 Å². The number of hydrogen-bond acceptors (Lipinski definition) is 5. The molecule has 260 valence electrons. The second-order valence-electron chi connectivity index (χ2n) is 14.3. The Bertz CT molecular complexity index is 3540. The Morgan fingerprint density at radius 2 is 0.839 bits per heavy atom. The van der Waals surface area contributed by atoms with Gasteiger partial charge in [0, 0.05) is 38.2 Å². The van der Waals surface area contributed by atoms with Gasteiger partial charge in [-0.25, -0.2) is 15.0 Å². The van der Waals surface area contributed by atoms with E-state index in [1.165, 1.54) is 5.39 Å². The van der Waals surface area contributed by atoms with Gasteiger partial charge >= 0.3 is 0 Å². The first-order valence-electron chi connectivity index (χ1n) is 18.8. The van der Waals surface area contributed by atoms with Gasteiger partial charge in [0.2, 0.25) is 0 Å². The van der Waals surface area contributed by atoms with E-state index in [2.05, 4.69) is 146 Å². The molecule has 3 aromatic heterocycles. The average molecular weight is 716 g/mol. The molecule has 0 aliphatic rings. The number of benzene rings is 9. The largest absolute Gasteiger partial charge is 0.456 e. The highest BCUT2D eigenvalue weighted by atomic mass is 16.3. The molecule has 5 nitrogen and oxygen atoms in total. The van der Waals surface area contributed by atoms with Gasteiger partial charge in [-0.15, -0.1) is 0 Å². The van der Waals surface area contributed by atoms with Gasteiger partial charge in [0.05, 0.1) is 0 Å². The summed E-state index contributed by atoms with van der Waals surface area (Å²) in [7, 11) is 0. The van der Waals surface area contributed by atoms with Crippen LogP contribution in [0.1, 0.15) is 0 Å². The fraction of sp³-hybridized carbons (Fsp3) is 0.